The molecule has 1 atom stereocenters. The first-order chi connectivity index (χ1) is 20.4. The number of anilines is 1. The van der Waals surface area contributed by atoms with Gasteiger partial charge in [0.05, 0.1) is 17.9 Å². The molecule has 0 spiro atoms. The zero-order valence-electron chi connectivity index (χ0n) is 25.2. The summed E-state index contributed by atoms with van der Waals surface area (Å²) in [5.41, 5.74) is -3.70. The smallest absolute Gasteiger partial charge is 0.424 e. The molecule has 0 fully saturated rings. The Kier molecular flexibility index (Phi) is 11.0. The summed E-state index contributed by atoms with van der Waals surface area (Å²) in [6.45, 7) is 13.1. The van der Waals surface area contributed by atoms with E-state index in [1.54, 1.807) is 6.08 Å². The molecule has 0 saturated heterocycles. The van der Waals surface area contributed by atoms with Crippen molar-refractivity contribution in [3.63, 3.8) is 0 Å². The van der Waals surface area contributed by atoms with Gasteiger partial charge in [0, 0.05) is 0 Å². The highest BCUT2D eigenvalue weighted by Crippen LogP contribution is 2.41. The zero-order valence-corrected chi connectivity index (χ0v) is 26.8. The van der Waals surface area contributed by atoms with E-state index in [1.807, 2.05) is 30.3 Å². The highest BCUT2D eigenvalue weighted by molar-refractivity contribution is 9.10. The van der Waals surface area contributed by atoms with Gasteiger partial charge in [-0.05, 0) is 81.9 Å². The predicted octanol–water partition coefficient (Wildman–Crippen LogP) is 8.81. The van der Waals surface area contributed by atoms with E-state index in [2.05, 4.69) is 37.7 Å². The van der Waals surface area contributed by atoms with Crippen molar-refractivity contribution in [1.29, 1.82) is 0 Å². The summed E-state index contributed by atoms with van der Waals surface area (Å²) in [5.74, 6) is -0.379. The molecule has 0 aliphatic rings. The Morgan fingerprint density at radius 3 is 2.14 bits per heavy atom. The van der Waals surface area contributed by atoms with Gasteiger partial charge < -0.3 is 18.6 Å². The van der Waals surface area contributed by atoms with Gasteiger partial charge in [-0.15, -0.1) is 16.8 Å². The summed E-state index contributed by atoms with van der Waals surface area (Å²) in [6, 6.07) is 9.90. The number of pyridine rings is 1. The van der Waals surface area contributed by atoms with E-state index in [0.717, 1.165) is 5.56 Å². The van der Waals surface area contributed by atoms with Crippen LogP contribution >= 0.6 is 15.9 Å². The lowest BCUT2D eigenvalue weighted by Gasteiger charge is -2.29. The number of amides is 2. The van der Waals surface area contributed by atoms with Crippen LogP contribution in [-0.2, 0) is 27.0 Å². The van der Waals surface area contributed by atoms with Gasteiger partial charge in [-0.1, -0.05) is 36.4 Å². The van der Waals surface area contributed by atoms with Gasteiger partial charge in [-0.25, -0.2) is 14.6 Å². The second-order valence-corrected chi connectivity index (χ2v) is 12.3. The third kappa shape index (κ3) is 9.61. The predicted molar refractivity (Wildman–Crippen MR) is 159 cm³/mol. The molecule has 0 aliphatic carbocycles. The highest BCUT2D eigenvalue weighted by Gasteiger charge is 2.41. The highest BCUT2D eigenvalue weighted by atomic mass is 79.9. The average molecular weight is 684 g/mol. The summed E-state index contributed by atoms with van der Waals surface area (Å²) in [4.78, 5) is 31.0. The van der Waals surface area contributed by atoms with E-state index in [0.29, 0.717) is 23.8 Å². The molecule has 2 amide bonds. The number of halogens is 4. The summed E-state index contributed by atoms with van der Waals surface area (Å²) in [6.07, 6.45) is -5.64. The molecule has 44 heavy (non-hydrogen) atoms. The van der Waals surface area contributed by atoms with Gasteiger partial charge in [-0.3, -0.25) is 0 Å². The fourth-order valence-corrected chi connectivity index (χ4v) is 4.19. The van der Waals surface area contributed by atoms with Gasteiger partial charge >= 0.3 is 18.4 Å². The molecule has 0 aliphatic heterocycles. The first-order valence-electron chi connectivity index (χ1n) is 13.5. The van der Waals surface area contributed by atoms with Gasteiger partial charge in [-0.2, -0.15) is 18.1 Å². The molecule has 0 bridgehead atoms. The van der Waals surface area contributed by atoms with Crippen LogP contribution in [0.25, 0.3) is 11.6 Å². The van der Waals surface area contributed by atoms with E-state index in [9.17, 15) is 22.8 Å². The monoisotopic (exact) mass is 682 g/mol. The lowest BCUT2D eigenvalue weighted by Crippen LogP contribution is -2.44. The number of benzene rings is 1. The molecule has 2 heterocycles. The number of hydrogen-bond donors (Lipinski definition) is 0. The van der Waals surface area contributed by atoms with Crippen LogP contribution in [0.15, 0.2) is 58.1 Å². The van der Waals surface area contributed by atoms with Crippen LogP contribution < -0.4 is 4.90 Å². The molecule has 0 saturated carbocycles. The fourth-order valence-electron chi connectivity index (χ4n) is 3.67. The minimum absolute atomic E-state index is 0.00244. The Morgan fingerprint density at radius 1 is 1.02 bits per heavy atom. The summed E-state index contributed by atoms with van der Waals surface area (Å²) in [5, 5.41) is 8.06. The van der Waals surface area contributed by atoms with Crippen molar-refractivity contribution < 1.29 is 41.4 Å². The Balaban J connectivity index is 2.16. The number of rotatable bonds is 9. The lowest BCUT2D eigenvalue weighted by atomic mass is 10.1. The second-order valence-electron chi connectivity index (χ2n) is 11.6. The maximum absolute atomic E-state index is 14.0. The van der Waals surface area contributed by atoms with E-state index < -0.39 is 57.2 Å². The SMILES string of the molecule is C=CCCC(OCc1ccccc1)c1nnc(-c2nc(Br)c(C(F)(F)F)cc2N(C(=O)OC(C)(C)C)C(=O)OC(C)(C)C)o1. The number of carbonyl (C=O) groups excluding carboxylic acids is 2. The number of hydrogen-bond acceptors (Lipinski definition) is 9. The molecule has 238 valence electrons. The number of ether oxygens (including phenoxy) is 3. The molecule has 3 aromatic rings. The van der Waals surface area contributed by atoms with E-state index in [-0.39, 0.29) is 18.4 Å². The molecule has 14 heteroatoms. The average Bonchev–Trinajstić information content (AvgIpc) is 3.37. The van der Waals surface area contributed by atoms with Crippen LogP contribution in [0.4, 0.5) is 28.4 Å². The molecule has 10 nitrogen and oxygen atoms in total. The number of aromatic nitrogens is 3. The van der Waals surface area contributed by atoms with Crippen molar-refractivity contribution in [1.82, 2.24) is 15.2 Å². The molecular formula is C30H34BrF3N4O6. The van der Waals surface area contributed by atoms with Gasteiger partial charge in [0.2, 0.25) is 5.89 Å². The summed E-state index contributed by atoms with van der Waals surface area (Å²) >= 11 is 2.85. The van der Waals surface area contributed by atoms with Crippen molar-refractivity contribution in [2.24, 2.45) is 0 Å². The van der Waals surface area contributed by atoms with Crippen molar-refractivity contribution in [3.05, 3.63) is 70.7 Å². The normalized spacial score (nSPS) is 12.9. The van der Waals surface area contributed by atoms with E-state index >= 15 is 0 Å². The van der Waals surface area contributed by atoms with Crippen molar-refractivity contribution in [2.45, 2.75) is 84.5 Å². The minimum Gasteiger partial charge on any atom is -0.443 e. The number of imide groups is 1. The molecule has 0 N–H and O–H groups in total. The van der Waals surface area contributed by atoms with Gasteiger partial charge in [0.15, 0.2) is 5.69 Å². The van der Waals surface area contributed by atoms with Gasteiger partial charge in [0.25, 0.3) is 5.89 Å². The second kappa shape index (κ2) is 13.9. The van der Waals surface area contributed by atoms with Crippen LogP contribution in [0.2, 0.25) is 0 Å². The molecule has 3 rings (SSSR count). The van der Waals surface area contributed by atoms with Crippen LogP contribution in [0.5, 0.6) is 0 Å². The van der Waals surface area contributed by atoms with E-state index in [4.69, 9.17) is 18.6 Å². The maximum Gasteiger partial charge on any atom is 0.424 e. The van der Waals surface area contributed by atoms with Crippen LogP contribution in [-0.4, -0.2) is 38.6 Å². The Morgan fingerprint density at radius 2 is 1.61 bits per heavy atom. The van der Waals surface area contributed by atoms with Crippen LogP contribution in [0.3, 0.4) is 0 Å². The topological polar surface area (TPSA) is 117 Å². The van der Waals surface area contributed by atoms with Crippen molar-refractivity contribution >= 4 is 33.8 Å². The largest absolute Gasteiger partial charge is 0.443 e. The Bertz CT molecular complexity index is 1440. The number of carbonyl (C=O) groups is 2. The molecule has 1 unspecified atom stereocenters. The number of allylic oxidation sites excluding steroid dienone is 1. The van der Waals surface area contributed by atoms with Crippen LogP contribution in [0.1, 0.15) is 77.5 Å². The number of alkyl halides is 3. The minimum atomic E-state index is -4.92. The third-order valence-electron chi connectivity index (χ3n) is 5.50. The molecular weight excluding hydrogens is 649 g/mol. The summed E-state index contributed by atoms with van der Waals surface area (Å²) in [7, 11) is 0. The quantitative estimate of drug-likeness (QED) is 0.161. The molecule has 1 aromatic carbocycles. The molecule has 2 aromatic heterocycles. The summed E-state index contributed by atoms with van der Waals surface area (Å²) < 4.78 is 64.1. The number of nitrogens with zero attached hydrogens (tertiary/aromatic N) is 4. The van der Waals surface area contributed by atoms with Crippen LogP contribution in [0, 0.1) is 0 Å². The third-order valence-corrected chi connectivity index (χ3v) is 6.10. The van der Waals surface area contributed by atoms with Gasteiger partial charge in [0.1, 0.15) is 21.9 Å². The first kappa shape index (κ1) is 34.7. The van der Waals surface area contributed by atoms with Crippen molar-refractivity contribution in [2.75, 3.05) is 4.90 Å². The first-order valence-corrected chi connectivity index (χ1v) is 14.3. The standard InChI is InChI=1S/C30H34BrF3N4O6/c1-8-9-15-21(41-17-18-13-11-10-12-14-18)24-36-37-25(42-24)22-20(16-19(23(31)35-22)30(32,33)34)38(26(39)43-28(2,3)4)27(40)44-29(5,6)7/h8,10-14,16,21H,1,9,15,17H2,2-7H3. The lowest BCUT2D eigenvalue weighted by molar-refractivity contribution is -0.138. The zero-order chi connectivity index (χ0) is 32.9. The fraction of sp³-hybridized carbons (Fsp3) is 0.433. The Hall–Kier alpha value is -3.78. The maximum atomic E-state index is 14.0. The van der Waals surface area contributed by atoms with Crippen molar-refractivity contribution in [3.8, 4) is 11.6 Å². The van der Waals surface area contributed by atoms with E-state index in [1.165, 1.54) is 41.5 Å². The molecule has 0 radical (unpaired) electrons. The Labute approximate surface area is 261 Å².